The molecule has 1 rings (SSSR count). The number of benzene rings is 1. The van der Waals surface area contributed by atoms with Gasteiger partial charge >= 0.3 is 0 Å². The monoisotopic (exact) mass is 351 g/mol. The summed E-state index contributed by atoms with van der Waals surface area (Å²) in [4.78, 5) is 0. The summed E-state index contributed by atoms with van der Waals surface area (Å²) in [6.07, 6.45) is -0.387. The summed E-state index contributed by atoms with van der Waals surface area (Å²) in [7, 11) is 1.54. The highest BCUT2D eigenvalue weighted by molar-refractivity contribution is 9.10. The van der Waals surface area contributed by atoms with E-state index in [1.54, 1.807) is 0 Å². The van der Waals surface area contributed by atoms with Crippen LogP contribution in [0.25, 0.3) is 0 Å². The van der Waals surface area contributed by atoms with Gasteiger partial charge in [0.2, 0.25) is 5.82 Å². The van der Waals surface area contributed by atoms with Crippen molar-refractivity contribution in [3.8, 4) is 5.75 Å². The average Bonchev–Trinajstić information content (AvgIpc) is 2.35. The molecule has 0 saturated carbocycles. The summed E-state index contributed by atoms with van der Waals surface area (Å²) in [5.74, 6) is -1.55. The smallest absolute Gasteiger partial charge is 0.200 e. The van der Waals surface area contributed by atoms with Crippen molar-refractivity contribution in [1.82, 2.24) is 5.32 Å². The maximum absolute atomic E-state index is 13.7. The summed E-state index contributed by atoms with van der Waals surface area (Å²) < 4.78 is 37.9. The molecule has 3 nitrogen and oxygen atoms in total. The molecule has 1 N–H and O–H groups in total. The van der Waals surface area contributed by atoms with E-state index in [1.165, 1.54) is 13.2 Å². The molecule has 0 heterocycles. The maximum atomic E-state index is 13.7. The van der Waals surface area contributed by atoms with Gasteiger partial charge in [-0.2, -0.15) is 4.39 Å². The average molecular weight is 352 g/mol. The Labute approximate surface area is 126 Å². The van der Waals surface area contributed by atoms with Crippen molar-refractivity contribution < 1.29 is 18.3 Å². The van der Waals surface area contributed by atoms with Crippen LogP contribution in [0, 0.1) is 17.6 Å². The zero-order valence-electron chi connectivity index (χ0n) is 11.9. The molecule has 6 heteroatoms. The third-order valence-electron chi connectivity index (χ3n) is 2.53. The van der Waals surface area contributed by atoms with Gasteiger partial charge < -0.3 is 14.8 Å². The molecule has 0 aliphatic heterocycles. The zero-order chi connectivity index (χ0) is 15.1. The number of nitrogens with one attached hydrogen (secondary N) is 1. The normalized spacial score (nSPS) is 12.8. The fourth-order valence-electron chi connectivity index (χ4n) is 1.65. The third-order valence-corrected chi connectivity index (χ3v) is 2.99. The highest BCUT2D eigenvalue weighted by Crippen LogP contribution is 2.26. The van der Waals surface area contributed by atoms with Gasteiger partial charge in [-0.1, -0.05) is 29.8 Å². The fourth-order valence-corrected chi connectivity index (χ4v) is 2.06. The first-order valence-corrected chi connectivity index (χ1v) is 7.24. The number of halogens is 3. The van der Waals surface area contributed by atoms with Crippen LogP contribution in [-0.4, -0.2) is 32.9 Å². The minimum absolute atomic E-state index is 0.120. The van der Waals surface area contributed by atoms with E-state index in [0.29, 0.717) is 23.5 Å². The lowest BCUT2D eigenvalue weighted by Crippen LogP contribution is -2.36. The second kappa shape index (κ2) is 8.54. The number of hydrogen-bond donors (Lipinski definition) is 1. The van der Waals surface area contributed by atoms with Gasteiger partial charge in [-0.3, -0.25) is 0 Å². The molecule has 1 aromatic carbocycles. The SMILES string of the molecule is COCC(CNCC(C)C)Oc1cc(Br)cc(F)c1F. The van der Waals surface area contributed by atoms with Gasteiger partial charge in [0.15, 0.2) is 11.6 Å². The van der Waals surface area contributed by atoms with Gasteiger partial charge in [0, 0.05) is 18.1 Å². The lowest BCUT2D eigenvalue weighted by Gasteiger charge is -2.20. The van der Waals surface area contributed by atoms with Gasteiger partial charge in [-0.05, 0) is 24.6 Å². The molecule has 0 aliphatic rings. The molecule has 0 aliphatic carbocycles. The molecular formula is C14H20BrF2NO2. The Balaban J connectivity index is 2.69. The Kier molecular flexibility index (Phi) is 7.40. The molecule has 0 spiro atoms. The number of hydrogen-bond acceptors (Lipinski definition) is 3. The highest BCUT2D eigenvalue weighted by Gasteiger charge is 2.16. The van der Waals surface area contributed by atoms with E-state index >= 15 is 0 Å². The van der Waals surface area contributed by atoms with Crippen molar-refractivity contribution in [2.24, 2.45) is 5.92 Å². The van der Waals surface area contributed by atoms with Gasteiger partial charge in [0.25, 0.3) is 0 Å². The molecule has 0 radical (unpaired) electrons. The van der Waals surface area contributed by atoms with Crippen LogP contribution in [0.3, 0.4) is 0 Å². The molecule has 20 heavy (non-hydrogen) atoms. The zero-order valence-corrected chi connectivity index (χ0v) is 13.5. The number of ether oxygens (including phenoxy) is 2. The van der Waals surface area contributed by atoms with Crippen molar-refractivity contribution >= 4 is 15.9 Å². The second-order valence-corrected chi connectivity index (χ2v) is 5.86. The van der Waals surface area contributed by atoms with E-state index in [9.17, 15) is 8.78 Å². The molecule has 0 aromatic heterocycles. The van der Waals surface area contributed by atoms with E-state index in [4.69, 9.17) is 9.47 Å². The van der Waals surface area contributed by atoms with Crippen molar-refractivity contribution in [2.75, 3.05) is 26.8 Å². The standard InChI is InChI=1S/C14H20BrF2NO2/c1-9(2)6-18-7-11(8-19-3)20-13-5-10(15)4-12(16)14(13)17/h4-5,9,11,18H,6-8H2,1-3H3. The minimum atomic E-state index is -0.988. The van der Waals surface area contributed by atoms with Crippen LogP contribution in [0.5, 0.6) is 5.75 Å². The fraction of sp³-hybridized carbons (Fsp3) is 0.571. The van der Waals surface area contributed by atoms with E-state index in [1.807, 2.05) is 0 Å². The first-order valence-electron chi connectivity index (χ1n) is 6.44. The molecule has 0 saturated heterocycles. The van der Waals surface area contributed by atoms with Crippen molar-refractivity contribution in [1.29, 1.82) is 0 Å². The van der Waals surface area contributed by atoms with Crippen LogP contribution < -0.4 is 10.1 Å². The van der Waals surface area contributed by atoms with Gasteiger partial charge in [0.05, 0.1) is 6.61 Å². The lowest BCUT2D eigenvalue weighted by molar-refractivity contribution is 0.0769. The molecular weight excluding hydrogens is 332 g/mol. The summed E-state index contributed by atoms with van der Waals surface area (Å²) in [5, 5.41) is 3.21. The molecule has 0 amide bonds. The Morgan fingerprint density at radius 3 is 2.55 bits per heavy atom. The van der Waals surface area contributed by atoms with Crippen molar-refractivity contribution in [2.45, 2.75) is 20.0 Å². The molecule has 114 valence electrons. The topological polar surface area (TPSA) is 30.5 Å². The quantitative estimate of drug-likeness (QED) is 0.728. The summed E-state index contributed by atoms with van der Waals surface area (Å²) in [6, 6.07) is 2.47. The van der Waals surface area contributed by atoms with Gasteiger partial charge in [-0.25, -0.2) is 4.39 Å². The maximum Gasteiger partial charge on any atom is 0.200 e. The van der Waals surface area contributed by atoms with Crippen LogP contribution in [0.1, 0.15) is 13.8 Å². The first-order chi connectivity index (χ1) is 9.43. The molecule has 1 unspecified atom stereocenters. The van der Waals surface area contributed by atoms with E-state index in [2.05, 4.69) is 35.1 Å². The van der Waals surface area contributed by atoms with Crippen LogP contribution in [-0.2, 0) is 4.74 Å². The highest BCUT2D eigenvalue weighted by atomic mass is 79.9. The molecule has 0 bridgehead atoms. The summed E-state index contributed by atoms with van der Waals surface area (Å²) >= 11 is 3.11. The minimum Gasteiger partial charge on any atom is -0.483 e. The van der Waals surface area contributed by atoms with Gasteiger partial charge in [-0.15, -0.1) is 0 Å². The summed E-state index contributed by atoms with van der Waals surface area (Å²) in [6.45, 7) is 5.78. The lowest BCUT2D eigenvalue weighted by atomic mass is 10.2. The molecule has 1 atom stereocenters. The number of rotatable bonds is 8. The van der Waals surface area contributed by atoms with Crippen molar-refractivity contribution in [3.05, 3.63) is 28.2 Å². The van der Waals surface area contributed by atoms with Crippen LogP contribution in [0.15, 0.2) is 16.6 Å². The van der Waals surface area contributed by atoms with E-state index in [0.717, 1.165) is 12.6 Å². The Morgan fingerprint density at radius 2 is 1.95 bits per heavy atom. The van der Waals surface area contributed by atoms with E-state index in [-0.39, 0.29) is 11.9 Å². The third kappa shape index (κ3) is 5.73. The van der Waals surface area contributed by atoms with Crippen LogP contribution >= 0.6 is 15.9 Å². The van der Waals surface area contributed by atoms with Crippen LogP contribution in [0.4, 0.5) is 8.78 Å². The number of methoxy groups -OCH3 is 1. The molecule has 1 aromatic rings. The largest absolute Gasteiger partial charge is 0.483 e. The Hall–Kier alpha value is -0.720. The molecule has 0 fully saturated rings. The van der Waals surface area contributed by atoms with E-state index < -0.39 is 11.6 Å². The Morgan fingerprint density at radius 1 is 1.25 bits per heavy atom. The first kappa shape index (κ1) is 17.3. The Bertz CT molecular complexity index is 430. The van der Waals surface area contributed by atoms with Crippen molar-refractivity contribution in [3.63, 3.8) is 0 Å². The van der Waals surface area contributed by atoms with Crippen LogP contribution in [0.2, 0.25) is 0 Å². The second-order valence-electron chi connectivity index (χ2n) is 4.95. The predicted molar refractivity (Wildman–Crippen MR) is 78.1 cm³/mol. The summed E-state index contributed by atoms with van der Waals surface area (Å²) in [5.41, 5.74) is 0. The van der Waals surface area contributed by atoms with Gasteiger partial charge in [0.1, 0.15) is 6.10 Å². The predicted octanol–water partition coefficient (Wildman–Crippen LogP) is 3.37.